The first kappa shape index (κ1) is 24.5. The maximum Gasteiger partial charge on any atom is 0.355 e. The van der Waals surface area contributed by atoms with E-state index in [4.69, 9.17) is 15.2 Å². The number of carboxylic acids is 1. The Hall–Kier alpha value is -5.18. The molecule has 178 valence electrons. The van der Waals surface area contributed by atoms with Gasteiger partial charge in [-0.2, -0.15) is 5.26 Å². The van der Waals surface area contributed by atoms with Gasteiger partial charge in [-0.25, -0.2) is 14.4 Å². The van der Waals surface area contributed by atoms with Gasteiger partial charge in [0.25, 0.3) is 5.69 Å². The Morgan fingerprint density at radius 3 is 2.26 bits per heavy atom. The number of nitro groups is 1. The third-order valence-electron chi connectivity index (χ3n) is 5.28. The summed E-state index contributed by atoms with van der Waals surface area (Å²) in [6, 6.07) is 13.2. The highest BCUT2D eigenvalue weighted by Crippen LogP contribution is 2.43. The van der Waals surface area contributed by atoms with Crippen LogP contribution in [0.25, 0.3) is 0 Å². The summed E-state index contributed by atoms with van der Waals surface area (Å²) in [5.74, 6) is -5.00. The van der Waals surface area contributed by atoms with Crippen LogP contribution in [-0.4, -0.2) is 42.2 Å². The average Bonchev–Trinajstić information content (AvgIpc) is 2.86. The molecule has 1 aliphatic heterocycles. The summed E-state index contributed by atoms with van der Waals surface area (Å²) in [6.07, 6.45) is 0. The number of methoxy groups -OCH3 is 2. The second-order valence-electron chi connectivity index (χ2n) is 7.10. The molecule has 0 saturated carbocycles. The Balaban J connectivity index is 2.44. The van der Waals surface area contributed by atoms with Gasteiger partial charge in [-0.3, -0.25) is 15.0 Å². The molecule has 0 spiro atoms. The number of allylic oxidation sites excluding steroid dienone is 1. The summed E-state index contributed by atoms with van der Waals surface area (Å²) < 4.78 is 9.77. The van der Waals surface area contributed by atoms with Crippen molar-refractivity contribution >= 4 is 29.3 Å². The zero-order chi connectivity index (χ0) is 25.9. The molecule has 1 unspecified atom stereocenters. The second-order valence-corrected chi connectivity index (χ2v) is 7.10. The van der Waals surface area contributed by atoms with Gasteiger partial charge in [0.2, 0.25) is 0 Å². The number of carboxylic acid groups (broad SMARTS) is 1. The van der Waals surface area contributed by atoms with Gasteiger partial charge in [0, 0.05) is 6.07 Å². The summed E-state index contributed by atoms with van der Waals surface area (Å²) in [7, 11) is 2.13. The number of esters is 2. The van der Waals surface area contributed by atoms with Gasteiger partial charge in [0.15, 0.2) is 0 Å². The van der Waals surface area contributed by atoms with Crippen LogP contribution in [0.4, 0.5) is 11.4 Å². The molecule has 0 saturated heterocycles. The number of nitrogens with two attached hydrogens (primary N) is 1. The number of benzene rings is 2. The summed E-state index contributed by atoms with van der Waals surface area (Å²) in [5, 5.41) is 30.8. The summed E-state index contributed by atoms with van der Waals surface area (Å²) in [6.45, 7) is 0. The first-order chi connectivity index (χ1) is 16.7. The van der Waals surface area contributed by atoms with Crippen LogP contribution in [0.15, 0.2) is 71.2 Å². The lowest BCUT2D eigenvalue weighted by Gasteiger charge is -2.35. The smallest absolute Gasteiger partial charge is 0.355 e. The molecule has 0 bridgehead atoms. The number of carbonyl (C=O) groups is 3. The number of nitrogens with zero attached hydrogens (tertiary/aromatic N) is 3. The van der Waals surface area contributed by atoms with E-state index in [9.17, 15) is 34.9 Å². The first-order valence-electron chi connectivity index (χ1n) is 9.85. The molecule has 12 heteroatoms. The van der Waals surface area contributed by atoms with E-state index in [2.05, 4.69) is 0 Å². The highest BCUT2D eigenvalue weighted by molar-refractivity contribution is 6.06. The van der Waals surface area contributed by atoms with Crippen molar-refractivity contribution in [2.24, 2.45) is 5.73 Å². The van der Waals surface area contributed by atoms with Crippen molar-refractivity contribution in [1.82, 2.24) is 0 Å². The molecule has 1 heterocycles. The zero-order valence-corrected chi connectivity index (χ0v) is 18.4. The van der Waals surface area contributed by atoms with E-state index in [0.29, 0.717) is 5.56 Å². The van der Waals surface area contributed by atoms with Crippen molar-refractivity contribution in [3.8, 4) is 6.07 Å². The predicted octanol–water partition coefficient (Wildman–Crippen LogP) is 2.19. The van der Waals surface area contributed by atoms with Crippen LogP contribution in [0.1, 0.15) is 21.8 Å². The highest BCUT2D eigenvalue weighted by atomic mass is 16.6. The van der Waals surface area contributed by atoms with Crippen LogP contribution in [0.2, 0.25) is 0 Å². The van der Waals surface area contributed by atoms with Crippen LogP contribution < -0.4 is 10.6 Å². The van der Waals surface area contributed by atoms with Crippen molar-refractivity contribution in [1.29, 1.82) is 5.26 Å². The van der Waals surface area contributed by atoms with E-state index >= 15 is 0 Å². The van der Waals surface area contributed by atoms with E-state index in [0.717, 1.165) is 37.3 Å². The maximum absolute atomic E-state index is 13.0. The summed E-state index contributed by atoms with van der Waals surface area (Å²) in [5.41, 5.74) is 4.31. The van der Waals surface area contributed by atoms with Crippen LogP contribution in [-0.2, 0) is 19.1 Å². The topological polar surface area (TPSA) is 186 Å². The Morgan fingerprint density at radius 1 is 1.11 bits per heavy atom. The molecule has 3 rings (SSSR count). The van der Waals surface area contributed by atoms with Crippen LogP contribution in [0, 0.1) is 21.4 Å². The van der Waals surface area contributed by atoms with Crippen molar-refractivity contribution in [2.75, 3.05) is 19.1 Å². The number of anilines is 1. The summed E-state index contributed by atoms with van der Waals surface area (Å²) >= 11 is 0. The number of hydrogen-bond acceptors (Lipinski definition) is 10. The SMILES string of the molecule is COC(=O)C1=C(C(=O)OC)N(c2ccc(C(=O)O)c([N+](=O)[O-])c2)C(N)=C(C#N)C1c1ccccc1. The number of nitro benzene ring substituents is 1. The fourth-order valence-corrected chi connectivity index (χ4v) is 3.77. The van der Waals surface area contributed by atoms with Gasteiger partial charge in [0.1, 0.15) is 17.1 Å². The monoisotopic (exact) mass is 478 g/mol. The maximum atomic E-state index is 13.0. The van der Waals surface area contributed by atoms with Crippen molar-refractivity contribution in [3.63, 3.8) is 0 Å². The minimum atomic E-state index is -1.55. The molecule has 1 aliphatic rings. The summed E-state index contributed by atoms with van der Waals surface area (Å²) in [4.78, 5) is 48.9. The third kappa shape index (κ3) is 4.25. The molecule has 3 N–H and O–H groups in total. The Morgan fingerprint density at radius 2 is 1.74 bits per heavy atom. The molecule has 2 aromatic rings. The normalized spacial score (nSPS) is 15.3. The van der Waals surface area contributed by atoms with Crippen molar-refractivity contribution in [3.05, 3.63) is 92.4 Å². The van der Waals surface area contributed by atoms with E-state index in [1.54, 1.807) is 30.3 Å². The molecule has 0 amide bonds. The molecule has 0 aromatic heterocycles. The minimum absolute atomic E-state index is 0.144. The molecule has 35 heavy (non-hydrogen) atoms. The van der Waals surface area contributed by atoms with E-state index < -0.39 is 45.7 Å². The van der Waals surface area contributed by atoms with Gasteiger partial charge in [-0.05, 0) is 17.7 Å². The lowest BCUT2D eigenvalue weighted by atomic mass is 9.81. The zero-order valence-electron chi connectivity index (χ0n) is 18.4. The lowest BCUT2D eigenvalue weighted by Crippen LogP contribution is -2.40. The van der Waals surface area contributed by atoms with E-state index in [1.807, 2.05) is 6.07 Å². The second kappa shape index (κ2) is 9.75. The van der Waals surface area contributed by atoms with Gasteiger partial charge < -0.3 is 20.3 Å². The first-order valence-corrected chi connectivity index (χ1v) is 9.85. The molecule has 1 atom stereocenters. The Bertz CT molecular complexity index is 1340. The third-order valence-corrected chi connectivity index (χ3v) is 5.28. The molecule has 0 fully saturated rings. The van der Waals surface area contributed by atoms with Crippen LogP contribution in [0.5, 0.6) is 0 Å². The Labute approximate surface area is 198 Å². The fraction of sp³-hybridized carbons (Fsp3) is 0.130. The molecule has 12 nitrogen and oxygen atoms in total. The van der Waals surface area contributed by atoms with Crippen molar-refractivity contribution in [2.45, 2.75) is 5.92 Å². The number of hydrogen-bond donors (Lipinski definition) is 2. The van der Waals surface area contributed by atoms with E-state index in [1.165, 1.54) is 0 Å². The largest absolute Gasteiger partial charge is 0.477 e. The standard InChI is InChI=1S/C23H18N4O8/c1-34-22(30)18-17(12-6-4-3-5-7-12)15(11-24)20(25)26(19(18)23(31)35-2)13-8-9-14(21(28)29)16(10-13)27(32)33/h3-10,17H,25H2,1-2H3,(H,28,29). The van der Waals surface area contributed by atoms with Crippen LogP contribution >= 0.6 is 0 Å². The molecular weight excluding hydrogens is 460 g/mol. The van der Waals surface area contributed by atoms with Gasteiger partial charge in [-0.1, -0.05) is 30.3 Å². The average molecular weight is 478 g/mol. The van der Waals surface area contributed by atoms with Gasteiger partial charge in [-0.15, -0.1) is 0 Å². The number of ether oxygens (including phenoxy) is 2. The molecule has 2 aromatic carbocycles. The highest BCUT2D eigenvalue weighted by Gasteiger charge is 2.43. The van der Waals surface area contributed by atoms with Gasteiger partial charge >= 0.3 is 17.9 Å². The van der Waals surface area contributed by atoms with Crippen LogP contribution in [0.3, 0.4) is 0 Å². The van der Waals surface area contributed by atoms with Crippen molar-refractivity contribution < 1.29 is 33.9 Å². The molecule has 0 radical (unpaired) electrons. The molecular formula is C23H18N4O8. The Kier molecular flexibility index (Phi) is 6.82. The number of nitriles is 1. The minimum Gasteiger partial charge on any atom is -0.477 e. The van der Waals surface area contributed by atoms with E-state index in [-0.39, 0.29) is 22.7 Å². The lowest BCUT2D eigenvalue weighted by molar-refractivity contribution is -0.385. The predicted molar refractivity (Wildman–Crippen MR) is 120 cm³/mol. The van der Waals surface area contributed by atoms with Gasteiger partial charge in [0.05, 0.1) is 48.0 Å². The fourth-order valence-electron chi connectivity index (χ4n) is 3.77. The number of carbonyl (C=O) groups excluding carboxylic acids is 2. The number of rotatable bonds is 6. The quantitative estimate of drug-likeness (QED) is 0.352. The molecule has 0 aliphatic carbocycles. The number of aromatic carboxylic acids is 1.